The van der Waals surface area contributed by atoms with Crippen LogP contribution in [0.2, 0.25) is 0 Å². The minimum Gasteiger partial charge on any atom is -0.378 e. The summed E-state index contributed by atoms with van der Waals surface area (Å²) in [4.78, 5) is 16.5. The van der Waals surface area contributed by atoms with Gasteiger partial charge < -0.3 is 15.1 Å². The molecule has 1 N–H and O–H groups in total. The molecule has 112 valence electrons. The molecule has 2 unspecified atom stereocenters. The zero-order valence-corrected chi connectivity index (χ0v) is 13.4. The summed E-state index contributed by atoms with van der Waals surface area (Å²) in [7, 11) is 3.97. The number of benzene rings is 1. The highest BCUT2D eigenvalue weighted by atomic mass is 35.5. The van der Waals surface area contributed by atoms with Crippen molar-refractivity contribution >= 4 is 24.0 Å². The first-order valence-corrected chi connectivity index (χ1v) is 6.80. The summed E-state index contributed by atoms with van der Waals surface area (Å²) < 4.78 is 0. The second-order valence-corrected chi connectivity index (χ2v) is 5.62. The van der Waals surface area contributed by atoms with Gasteiger partial charge in [0.2, 0.25) is 0 Å². The first kappa shape index (κ1) is 16.8. The smallest absolute Gasteiger partial charge is 0.254 e. The molecule has 0 bridgehead atoms. The summed E-state index contributed by atoms with van der Waals surface area (Å²) >= 11 is 0. The average molecular weight is 298 g/mol. The van der Waals surface area contributed by atoms with Crippen molar-refractivity contribution in [2.45, 2.75) is 25.9 Å². The van der Waals surface area contributed by atoms with Gasteiger partial charge in [0.15, 0.2) is 0 Å². The molecule has 0 spiro atoms. The molecule has 0 saturated carbocycles. The molecular formula is C15H24ClN3O. The number of carbonyl (C=O) groups is 1. The standard InChI is InChI=1S/C15H23N3O.ClH/c1-11-9-18(10-12(2)16-11)15(19)13-6-5-7-14(8-13)17(3)4;/h5-8,11-12,16H,9-10H2,1-4H3;1H. The van der Waals surface area contributed by atoms with Gasteiger partial charge in [0.25, 0.3) is 5.91 Å². The van der Waals surface area contributed by atoms with Crippen LogP contribution >= 0.6 is 12.4 Å². The second kappa shape index (κ2) is 6.95. The van der Waals surface area contributed by atoms with E-state index in [4.69, 9.17) is 0 Å². The van der Waals surface area contributed by atoms with Crippen LogP contribution in [0.3, 0.4) is 0 Å². The highest BCUT2D eigenvalue weighted by molar-refractivity contribution is 5.95. The van der Waals surface area contributed by atoms with Crippen molar-refractivity contribution in [3.8, 4) is 0 Å². The predicted molar refractivity (Wildman–Crippen MR) is 86.0 cm³/mol. The Morgan fingerprint density at radius 1 is 1.25 bits per heavy atom. The van der Waals surface area contributed by atoms with E-state index in [-0.39, 0.29) is 18.3 Å². The van der Waals surface area contributed by atoms with Gasteiger partial charge in [-0.2, -0.15) is 0 Å². The van der Waals surface area contributed by atoms with Gasteiger partial charge in [-0.1, -0.05) is 6.07 Å². The number of nitrogens with one attached hydrogen (secondary N) is 1. The molecule has 0 radical (unpaired) electrons. The third-order valence-corrected chi connectivity index (χ3v) is 3.45. The molecule has 1 aromatic rings. The topological polar surface area (TPSA) is 35.6 Å². The monoisotopic (exact) mass is 297 g/mol. The summed E-state index contributed by atoms with van der Waals surface area (Å²) in [6, 6.07) is 8.51. The molecule has 4 nitrogen and oxygen atoms in total. The Morgan fingerprint density at radius 2 is 1.85 bits per heavy atom. The van der Waals surface area contributed by atoms with Crippen LogP contribution < -0.4 is 10.2 Å². The summed E-state index contributed by atoms with van der Waals surface area (Å²) in [5.41, 5.74) is 1.83. The van der Waals surface area contributed by atoms with Crippen LogP contribution in [0.1, 0.15) is 24.2 Å². The molecule has 2 atom stereocenters. The van der Waals surface area contributed by atoms with Gasteiger partial charge >= 0.3 is 0 Å². The van der Waals surface area contributed by atoms with E-state index in [0.29, 0.717) is 12.1 Å². The molecule has 1 aliphatic rings. The van der Waals surface area contributed by atoms with Crippen molar-refractivity contribution in [2.75, 3.05) is 32.1 Å². The largest absolute Gasteiger partial charge is 0.378 e. The summed E-state index contributed by atoms with van der Waals surface area (Å²) in [5, 5.41) is 3.44. The van der Waals surface area contributed by atoms with E-state index in [1.54, 1.807) is 0 Å². The fraction of sp³-hybridized carbons (Fsp3) is 0.533. The van der Waals surface area contributed by atoms with E-state index in [2.05, 4.69) is 19.2 Å². The van der Waals surface area contributed by atoms with E-state index in [0.717, 1.165) is 24.3 Å². The van der Waals surface area contributed by atoms with Gasteiger partial charge in [-0.3, -0.25) is 4.79 Å². The van der Waals surface area contributed by atoms with Crippen molar-refractivity contribution in [3.63, 3.8) is 0 Å². The molecule has 0 aromatic heterocycles. The van der Waals surface area contributed by atoms with Crippen LogP contribution in [0.5, 0.6) is 0 Å². The number of halogens is 1. The summed E-state index contributed by atoms with van der Waals surface area (Å²) in [6.07, 6.45) is 0. The molecule has 5 heteroatoms. The first-order valence-electron chi connectivity index (χ1n) is 6.80. The second-order valence-electron chi connectivity index (χ2n) is 5.62. The Bertz CT molecular complexity index is 454. The van der Waals surface area contributed by atoms with Crippen molar-refractivity contribution in [2.24, 2.45) is 0 Å². The number of hydrogen-bond donors (Lipinski definition) is 1. The van der Waals surface area contributed by atoms with Crippen LogP contribution in [-0.2, 0) is 0 Å². The van der Waals surface area contributed by atoms with Gasteiger partial charge in [0.1, 0.15) is 0 Å². The van der Waals surface area contributed by atoms with Crippen molar-refractivity contribution < 1.29 is 4.79 Å². The lowest BCUT2D eigenvalue weighted by Gasteiger charge is -2.36. The summed E-state index contributed by atoms with van der Waals surface area (Å²) in [5.74, 6) is 0.129. The fourth-order valence-corrected chi connectivity index (χ4v) is 2.59. The highest BCUT2D eigenvalue weighted by Crippen LogP contribution is 2.16. The van der Waals surface area contributed by atoms with Crippen molar-refractivity contribution in [1.29, 1.82) is 0 Å². The van der Waals surface area contributed by atoms with Crippen LogP contribution in [0.4, 0.5) is 5.69 Å². The van der Waals surface area contributed by atoms with E-state index < -0.39 is 0 Å². The SMILES string of the molecule is CC1CN(C(=O)c2cccc(N(C)C)c2)CC(C)N1.Cl. The minimum absolute atomic E-state index is 0. The van der Waals surface area contributed by atoms with Gasteiger partial charge in [-0.05, 0) is 32.0 Å². The van der Waals surface area contributed by atoms with E-state index >= 15 is 0 Å². The number of nitrogens with zero attached hydrogens (tertiary/aromatic N) is 2. The van der Waals surface area contributed by atoms with Gasteiger partial charge in [0, 0.05) is 50.5 Å². The number of carbonyl (C=O) groups excluding carboxylic acids is 1. The normalized spacial score (nSPS) is 22.1. The lowest BCUT2D eigenvalue weighted by atomic mass is 10.1. The zero-order chi connectivity index (χ0) is 14.0. The number of amides is 1. The zero-order valence-electron chi connectivity index (χ0n) is 12.6. The maximum atomic E-state index is 12.5. The molecule has 20 heavy (non-hydrogen) atoms. The lowest BCUT2D eigenvalue weighted by Crippen LogP contribution is -2.55. The van der Waals surface area contributed by atoms with Crippen LogP contribution in [-0.4, -0.2) is 50.1 Å². The number of anilines is 1. The first-order chi connectivity index (χ1) is 8.97. The Balaban J connectivity index is 0.00000200. The van der Waals surface area contributed by atoms with E-state index in [1.807, 2.05) is 48.2 Å². The number of rotatable bonds is 2. The Labute approximate surface area is 127 Å². The van der Waals surface area contributed by atoms with E-state index in [1.165, 1.54) is 0 Å². The molecule has 1 amide bonds. The molecule has 1 saturated heterocycles. The average Bonchev–Trinajstić information content (AvgIpc) is 2.37. The van der Waals surface area contributed by atoms with Crippen molar-refractivity contribution in [1.82, 2.24) is 10.2 Å². The van der Waals surface area contributed by atoms with Crippen LogP contribution in [0.25, 0.3) is 0 Å². The maximum Gasteiger partial charge on any atom is 0.254 e. The highest BCUT2D eigenvalue weighted by Gasteiger charge is 2.25. The van der Waals surface area contributed by atoms with Crippen LogP contribution in [0, 0.1) is 0 Å². The third-order valence-electron chi connectivity index (χ3n) is 3.45. The molecule has 1 aromatic carbocycles. The van der Waals surface area contributed by atoms with E-state index in [9.17, 15) is 4.79 Å². The molecule has 1 heterocycles. The number of hydrogen-bond acceptors (Lipinski definition) is 3. The number of piperazine rings is 1. The van der Waals surface area contributed by atoms with Gasteiger partial charge in [-0.25, -0.2) is 0 Å². The Morgan fingerprint density at radius 3 is 2.40 bits per heavy atom. The molecule has 1 aliphatic heterocycles. The van der Waals surface area contributed by atoms with Gasteiger partial charge in [-0.15, -0.1) is 12.4 Å². The quantitative estimate of drug-likeness (QED) is 0.907. The molecule has 2 rings (SSSR count). The summed E-state index contributed by atoms with van der Waals surface area (Å²) in [6.45, 7) is 5.78. The molecule has 0 aliphatic carbocycles. The fourth-order valence-electron chi connectivity index (χ4n) is 2.59. The van der Waals surface area contributed by atoms with Gasteiger partial charge in [0.05, 0.1) is 0 Å². The lowest BCUT2D eigenvalue weighted by molar-refractivity contribution is 0.0674. The Hall–Kier alpha value is -1.26. The van der Waals surface area contributed by atoms with Crippen molar-refractivity contribution in [3.05, 3.63) is 29.8 Å². The maximum absolute atomic E-state index is 12.5. The molecular weight excluding hydrogens is 274 g/mol. The molecule has 1 fully saturated rings. The predicted octanol–water partition coefficient (Wildman–Crippen LogP) is 2.00. The third kappa shape index (κ3) is 3.87. The van der Waals surface area contributed by atoms with Crippen LogP contribution in [0.15, 0.2) is 24.3 Å². The Kier molecular flexibility index (Phi) is 5.84. The minimum atomic E-state index is 0.